The van der Waals surface area contributed by atoms with Crippen molar-refractivity contribution < 1.29 is 13.5 Å². The zero-order chi connectivity index (χ0) is 9.19. The van der Waals surface area contributed by atoms with Crippen molar-refractivity contribution in [3.8, 4) is 5.75 Å². The van der Waals surface area contributed by atoms with Crippen LogP contribution in [0.3, 0.4) is 0 Å². The van der Waals surface area contributed by atoms with Gasteiger partial charge in [-0.2, -0.15) is 0 Å². The molecule has 0 saturated heterocycles. The van der Waals surface area contributed by atoms with Crippen molar-refractivity contribution >= 4 is 9.84 Å². The third-order valence-corrected chi connectivity index (χ3v) is 2.04. The number of hydrogen-bond donors (Lipinski definition) is 1. The molecule has 0 spiro atoms. The molecule has 1 rings (SSSR count). The molecule has 0 saturated carbocycles. The van der Waals surface area contributed by atoms with E-state index in [0.717, 1.165) is 6.26 Å². The molecule has 4 nitrogen and oxygen atoms in total. The largest absolute Gasteiger partial charge is 0.506 e. The van der Waals surface area contributed by atoms with Crippen LogP contribution >= 0.6 is 0 Å². The lowest BCUT2D eigenvalue weighted by atomic mass is 10.4. The molecule has 0 fully saturated rings. The summed E-state index contributed by atoms with van der Waals surface area (Å²) in [5.41, 5.74) is 0.440. The monoisotopic (exact) mass is 187 g/mol. The van der Waals surface area contributed by atoms with Gasteiger partial charge in [0, 0.05) is 6.26 Å². The van der Waals surface area contributed by atoms with Gasteiger partial charge in [-0.25, -0.2) is 8.42 Å². The van der Waals surface area contributed by atoms with Gasteiger partial charge in [0.2, 0.25) is 0 Å². The second-order valence-electron chi connectivity index (χ2n) is 2.58. The summed E-state index contributed by atoms with van der Waals surface area (Å²) in [6.07, 6.45) is 2.36. The minimum absolute atomic E-state index is 0.0345. The van der Waals surface area contributed by atoms with Crippen molar-refractivity contribution in [2.45, 2.75) is 5.75 Å². The van der Waals surface area contributed by atoms with Crippen molar-refractivity contribution in [1.82, 2.24) is 4.98 Å². The number of pyridine rings is 1. The van der Waals surface area contributed by atoms with Gasteiger partial charge in [0.05, 0.1) is 17.6 Å². The van der Waals surface area contributed by atoms with E-state index in [1.54, 1.807) is 0 Å². The van der Waals surface area contributed by atoms with E-state index in [1.807, 2.05) is 0 Å². The summed E-state index contributed by atoms with van der Waals surface area (Å²) in [6.45, 7) is 0. The molecule has 0 aliphatic rings. The average molecular weight is 187 g/mol. The molecule has 0 radical (unpaired) electrons. The van der Waals surface area contributed by atoms with Crippen LogP contribution in [0.15, 0.2) is 18.3 Å². The van der Waals surface area contributed by atoms with Gasteiger partial charge in [-0.3, -0.25) is 4.98 Å². The quantitative estimate of drug-likeness (QED) is 0.724. The first-order valence-corrected chi connectivity index (χ1v) is 5.35. The van der Waals surface area contributed by atoms with Crippen molar-refractivity contribution in [1.29, 1.82) is 0 Å². The van der Waals surface area contributed by atoms with Gasteiger partial charge in [0.15, 0.2) is 9.84 Å². The Hall–Kier alpha value is -1.10. The highest BCUT2D eigenvalue weighted by Crippen LogP contribution is 2.07. The molecule has 0 unspecified atom stereocenters. The standard InChI is InChI=1S/C7H9NO3S/c1-12(10,11)5-6-2-3-7(9)4-8-6/h2-4,9H,5H2,1H3. The van der Waals surface area contributed by atoms with E-state index in [1.165, 1.54) is 18.3 Å². The molecule has 1 aromatic rings. The van der Waals surface area contributed by atoms with Gasteiger partial charge in [0.1, 0.15) is 5.75 Å². The van der Waals surface area contributed by atoms with E-state index in [0.29, 0.717) is 5.69 Å². The summed E-state index contributed by atoms with van der Waals surface area (Å²) in [5, 5.41) is 8.84. The molecular weight excluding hydrogens is 178 g/mol. The third-order valence-electron chi connectivity index (χ3n) is 1.22. The fourth-order valence-electron chi connectivity index (χ4n) is 0.771. The number of rotatable bonds is 2. The van der Waals surface area contributed by atoms with E-state index in [2.05, 4.69) is 4.98 Å². The Morgan fingerprint density at radius 2 is 2.17 bits per heavy atom. The van der Waals surface area contributed by atoms with Crippen molar-refractivity contribution in [2.24, 2.45) is 0 Å². The minimum Gasteiger partial charge on any atom is -0.506 e. The number of sulfone groups is 1. The highest BCUT2D eigenvalue weighted by atomic mass is 32.2. The zero-order valence-electron chi connectivity index (χ0n) is 6.56. The van der Waals surface area contributed by atoms with Gasteiger partial charge >= 0.3 is 0 Å². The van der Waals surface area contributed by atoms with Gasteiger partial charge in [-0.05, 0) is 12.1 Å². The summed E-state index contributed by atoms with van der Waals surface area (Å²) in [4.78, 5) is 3.73. The predicted octanol–water partition coefficient (Wildman–Crippen LogP) is 0.332. The van der Waals surface area contributed by atoms with Crippen LogP contribution in [0.2, 0.25) is 0 Å². The van der Waals surface area contributed by atoms with E-state index < -0.39 is 9.84 Å². The van der Waals surface area contributed by atoms with Gasteiger partial charge in [-0.1, -0.05) is 0 Å². The molecule has 1 heterocycles. The molecule has 12 heavy (non-hydrogen) atoms. The lowest BCUT2D eigenvalue weighted by Crippen LogP contribution is -2.01. The maximum absolute atomic E-state index is 10.8. The first-order valence-electron chi connectivity index (χ1n) is 3.29. The minimum atomic E-state index is -3.03. The van der Waals surface area contributed by atoms with Gasteiger partial charge in [0.25, 0.3) is 0 Å². The maximum Gasteiger partial charge on any atom is 0.153 e. The van der Waals surface area contributed by atoms with E-state index >= 15 is 0 Å². The van der Waals surface area contributed by atoms with E-state index in [-0.39, 0.29) is 11.5 Å². The number of aromatic nitrogens is 1. The van der Waals surface area contributed by atoms with Crippen LogP contribution < -0.4 is 0 Å². The SMILES string of the molecule is CS(=O)(=O)Cc1ccc(O)cn1. The Bertz CT molecular complexity index is 355. The molecule has 66 valence electrons. The second kappa shape index (κ2) is 3.10. The summed E-state index contributed by atoms with van der Waals surface area (Å²) in [6, 6.07) is 2.89. The highest BCUT2D eigenvalue weighted by Gasteiger charge is 2.04. The summed E-state index contributed by atoms with van der Waals surface area (Å²) >= 11 is 0. The van der Waals surface area contributed by atoms with Crippen LogP contribution in [0, 0.1) is 0 Å². The second-order valence-corrected chi connectivity index (χ2v) is 4.72. The maximum atomic E-state index is 10.8. The average Bonchev–Trinajstić information content (AvgIpc) is 1.91. The first kappa shape index (κ1) is 8.99. The lowest BCUT2D eigenvalue weighted by Gasteiger charge is -1.97. The van der Waals surface area contributed by atoms with Crippen LogP contribution in [0.25, 0.3) is 0 Å². The number of nitrogens with zero attached hydrogens (tertiary/aromatic N) is 1. The molecule has 1 aromatic heterocycles. The summed E-state index contributed by atoms with van der Waals surface area (Å²) in [5.74, 6) is -0.0555. The summed E-state index contributed by atoms with van der Waals surface area (Å²) < 4.78 is 21.6. The van der Waals surface area contributed by atoms with Crippen LogP contribution in [-0.2, 0) is 15.6 Å². The molecule has 0 aliphatic heterocycles. The summed E-state index contributed by atoms with van der Waals surface area (Å²) in [7, 11) is -3.03. The molecule has 0 amide bonds. The molecule has 0 bridgehead atoms. The van der Waals surface area contributed by atoms with Crippen LogP contribution in [-0.4, -0.2) is 24.8 Å². The molecule has 5 heteroatoms. The highest BCUT2D eigenvalue weighted by molar-refractivity contribution is 7.89. The van der Waals surface area contributed by atoms with Crippen LogP contribution in [0.4, 0.5) is 0 Å². The molecule has 0 atom stereocenters. The van der Waals surface area contributed by atoms with Gasteiger partial charge in [-0.15, -0.1) is 0 Å². The number of aromatic hydroxyl groups is 1. The van der Waals surface area contributed by atoms with E-state index in [4.69, 9.17) is 5.11 Å². The smallest absolute Gasteiger partial charge is 0.153 e. The lowest BCUT2D eigenvalue weighted by molar-refractivity contribution is 0.472. The van der Waals surface area contributed by atoms with Gasteiger partial charge < -0.3 is 5.11 Å². The van der Waals surface area contributed by atoms with E-state index in [9.17, 15) is 8.42 Å². The molecule has 0 aromatic carbocycles. The van der Waals surface area contributed by atoms with Crippen molar-refractivity contribution in [2.75, 3.05) is 6.26 Å². The Morgan fingerprint density at radius 1 is 1.50 bits per heavy atom. The third kappa shape index (κ3) is 2.87. The molecule has 1 N–H and O–H groups in total. The predicted molar refractivity (Wildman–Crippen MR) is 44.4 cm³/mol. The van der Waals surface area contributed by atoms with Crippen LogP contribution in [0.5, 0.6) is 5.75 Å². The Balaban J connectivity index is 2.85. The Labute approximate surface area is 70.8 Å². The zero-order valence-corrected chi connectivity index (χ0v) is 7.37. The van der Waals surface area contributed by atoms with Crippen LogP contribution in [0.1, 0.15) is 5.69 Å². The fourth-order valence-corrected chi connectivity index (χ4v) is 1.48. The van der Waals surface area contributed by atoms with Crippen molar-refractivity contribution in [3.05, 3.63) is 24.0 Å². The number of hydrogen-bond acceptors (Lipinski definition) is 4. The normalized spacial score (nSPS) is 11.4. The molecular formula is C7H9NO3S. The fraction of sp³-hybridized carbons (Fsp3) is 0.286. The molecule has 0 aliphatic carbocycles. The Kier molecular flexibility index (Phi) is 2.32. The first-order chi connectivity index (χ1) is 5.47. The van der Waals surface area contributed by atoms with Crippen molar-refractivity contribution in [3.63, 3.8) is 0 Å². The topological polar surface area (TPSA) is 67.3 Å². The Morgan fingerprint density at radius 3 is 2.58 bits per heavy atom.